The van der Waals surface area contributed by atoms with Crippen LogP contribution in [0.1, 0.15) is 10.4 Å². The van der Waals surface area contributed by atoms with Crippen LogP contribution in [0.3, 0.4) is 0 Å². The van der Waals surface area contributed by atoms with Crippen molar-refractivity contribution in [3.05, 3.63) is 36.0 Å². The summed E-state index contributed by atoms with van der Waals surface area (Å²) in [4.78, 5) is 15.6. The molecule has 0 aliphatic carbocycles. The minimum atomic E-state index is -0.0337. The average Bonchev–Trinajstić information content (AvgIpc) is 2.47. The van der Waals surface area contributed by atoms with Crippen LogP contribution in [-0.4, -0.2) is 10.9 Å². The molecule has 1 aliphatic heterocycles. The van der Waals surface area contributed by atoms with E-state index < -0.39 is 0 Å². The van der Waals surface area contributed by atoms with E-state index in [0.717, 1.165) is 22.2 Å². The van der Waals surface area contributed by atoms with Crippen molar-refractivity contribution in [2.75, 3.05) is 5.32 Å². The van der Waals surface area contributed by atoms with Crippen molar-refractivity contribution in [3.8, 4) is 0 Å². The van der Waals surface area contributed by atoms with Crippen molar-refractivity contribution in [3.63, 3.8) is 0 Å². The summed E-state index contributed by atoms with van der Waals surface area (Å²) in [5, 5.41) is 3.73. The molecule has 1 aromatic carbocycles. The highest BCUT2D eigenvalue weighted by Crippen LogP contribution is 2.30. The van der Waals surface area contributed by atoms with Crippen molar-refractivity contribution < 1.29 is 4.79 Å². The first-order chi connectivity index (χ1) is 6.36. The molecule has 1 aliphatic rings. The summed E-state index contributed by atoms with van der Waals surface area (Å²) < 4.78 is 0. The van der Waals surface area contributed by atoms with Gasteiger partial charge >= 0.3 is 0 Å². The normalized spacial score (nSPS) is 13.4. The smallest absolute Gasteiger partial charge is 0.256 e. The van der Waals surface area contributed by atoms with Gasteiger partial charge < -0.3 is 5.32 Å². The molecule has 62 valence electrons. The van der Waals surface area contributed by atoms with Crippen LogP contribution in [0.4, 0.5) is 5.69 Å². The van der Waals surface area contributed by atoms with Gasteiger partial charge in [-0.1, -0.05) is 6.07 Å². The highest BCUT2D eigenvalue weighted by atomic mass is 16.1. The number of pyridine rings is 1. The molecule has 0 saturated heterocycles. The second-order valence-corrected chi connectivity index (χ2v) is 3.01. The van der Waals surface area contributed by atoms with E-state index in [4.69, 9.17) is 0 Å². The lowest BCUT2D eigenvalue weighted by atomic mass is 10.1. The molecule has 0 fully saturated rings. The maximum absolute atomic E-state index is 11.4. The number of anilines is 1. The fourth-order valence-electron chi connectivity index (χ4n) is 1.69. The van der Waals surface area contributed by atoms with Crippen LogP contribution < -0.4 is 5.32 Å². The molecule has 0 bridgehead atoms. The Labute approximate surface area is 74.4 Å². The first kappa shape index (κ1) is 6.60. The molecule has 2 aromatic rings. The van der Waals surface area contributed by atoms with E-state index in [-0.39, 0.29) is 5.91 Å². The van der Waals surface area contributed by atoms with Crippen molar-refractivity contribution in [2.24, 2.45) is 0 Å². The number of amides is 1. The summed E-state index contributed by atoms with van der Waals surface area (Å²) in [5.41, 5.74) is 2.46. The molecule has 3 heteroatoms. The fourth-order valence-corrected chi connectivity index (χ4v) is 1.69. The zero-order valence-electron chi connectivity index (χ0n) is 6.74. The molecule has 1 amide bonds. The molecule has 0 saturated carbocycles. The van der Waals surface area contributed by atoms with Crippen molar-refractivity contribution in [2.45, 2.75) is 0 Å². The lowest BCUT2D eigenvalue weighted by Crippen LogP contribution is -2.03. The molecule has 0 radical (unpaired) electrons. The van der Waals surface area contributed by atoms with E-state index in [9.17, 15) is 4.79 Å². The van der Waals surface area contributed by atoms with Gasteiger partial charge in [0.05, 0.1) is 16.8 Å². The lowest BCUT2D eigenvalue weighted by Gasteiger charge is -1.96. The SMILES string of the molecule is O=C1Nc2cccc3nccc1c23. The zero-order chi connectivity index (χ0) is 8.84. The van der Waals surface area contributed by atoms with Crippen molar-refractivity contribution in [1.29, 1.82) is 0 Å². The summed E-state index contributed by atoms with van der Waals surface area (Å²) in [6.07, 6.45) is 1.66. The Kier molecular flexibility index (Phi) is 1.05. The van der Waals surface area contributed by atoms with Gasteiger partial charge in [-0.25, -0.2) is 0 Å². The van der Waals surface area contributed by atoms with E-state index in [1.165, 1.54) is 0 Å². The number of benzene rings is 1. The van der Waals surface area contributed by atoms with Crippen LogP contribution in [0.2, 0.25) is 0 Å². The Balaban J connectivity index is 2.58. The standard InChI is InChI=1S/C10H6N2O/c13-10-6-4-5-11-7-2-1-3-8(12-10)9(6)7/h1-5H,(H,12,13). The number of nitrogens with one attached hydrogen (secondary N) is 1. The minimum Gasteiger partial charge on any atom is -0.321 e. The van der Waals surface area contributed by atoms with Gasteiger partial charge in [0.2, 0.25) is 0 Å². The molecule has 3 nitrogen and oxygen atoms in total. The molecule has 1 N–H and O–H groups in total. The number of rotatable bonds is 0. The predicted molar refractivity (Wildman–Crippen MR) is 49.7 cm³/mol. The topological polar surface area (TPSA) is 42.0 Å². The maximum Gasteiger partial charge on any atom is 0.256 e. The molecular formula is C10H6N2O. The molecule has 2 heterocycles. The number of hydrogen-bond acceptors (Lipinski definition) is 2. The Morgan fingerprint density at radius 2 is 2.15 bits per heavy atom. The molecule has 13 heavy (non-hydrogen) atoms. The van der Waals surface area contributed by atoms with E-state index in [0.29, 0.717) is 0 Å². The summed E-state index contributed by atoms with van der Waals surface area (Å²) in [6.45, 7) is 0. The molecule has 3 rings (SSSR count). The maximum atomic E-state index is 11.4. The van der Waals surface area contributed by atoms with Crippen LogP contribution in [0.15, 0.2) is 30.5 Å². The Bertz CT molecular complexity index is 514. The number of carbonyl (C=O) groups excluding carboxylic acids is 1. The lowest BCUT2D eigenvalue weighted by molar-refractivity contribution is 0.103. The van der Waals surface area contributed by atoms with Gasteiger partial charge in [0.15, 0.2) is 0 Å². The zero-order valence-corrected chi connectivity index (χ0v) is 6.74. The second kappa shape index (κ2) is 2.07. The third-order valence-corrected chi connectivity index (χ3v) is 2.26. The first-order valence-electron chi connectivity index (χ1n) is 4.05. The first-order valence-corrected chi connectivity index (χ1v) is 4.05. The average molecular weight is 170 g/mol. The van der Waals surface area contributed by atoms with Gasteiger partial charge in [-0.15, -0.1) is 0 Å². The van der Waals surface area contributed by atoms with E-state index in [1.54, 1.807) is 12.3 Å². The third kappa shape index (κ3) is 0.731. The van der Waals surface area contributed by atoms with E-state index in [1.807, 2.05) is 18.2 Å². The number of hydrogen-bond donors (Lipinski definition) is 1. The van der Waals surface area contributed by atoms with Gasteiger partial charge in [0, 0.05) is 11.6 Å². The van der Waals surface area contributed by atoms with Crippen LogP contribution >= 0.6 is 0 Å². The Morgan fingerprint density at radius 1 is 1.23 bits per heavy atom. The highest BCUT2D eigenvalue weighted by molar-refractivity contribution is 6.23. The highest BCUT2D eigenvalue weighted by Gasteiger charge is 2.20. The van der Waals surface area contributed by atoms with Gasteiger partial charge in [-0.3, -0.25) is 9.78 Å². The third-order valence-electron chi connectivity index (χ3n) is 2.26. The Morgan fingerprint density at radius 3 is 3.08 bits per heavy atom. The minimum absolute atomic E-state index is 0.0337. The summed E-state index contributed by atoms with van der Waals surface area (Å²) >= 11 is 0. The molecule has 1 aromatic heterocycles. The van der Waals surface area contributed by atoms with Gasteiger partial charge in [-0.05, 0) is 18.2 Å². The van der Waals surface area contributed by atoms with Crippen LogP contribution in [0.5, 0.6) is 0 Å². The fraction of sp³-hybridized carbons (Fsp3) is 0. The predicted octanol–water partition coefficient (Wildman–Crippen LogP) is 1.80. The summed E-state index contributed by atoms with van der Waals surface area (Å²) in [6, 6.07) is 7.43. The molecule has 0 spiro atoms. The van der Waals surface area contributed by atoms with Gasteiger partial charge in [-0.2, -0.15) is 0 Å². The van der Waals surface area contributed by atoms with Crippen molar-refractivity contribution >= 4 is 22.5 Å². The molecule has 0 atom stereocenters. The number of aromatic nitrogens is 1. The number of nitrogens with zero attached hydrogens (tertiary/aromatic N) is 1. The van der Waals surface area contributed by atoms with E-state index in [2.05, 4.69) is 10.3 Å². The largest absolute Gasteiger partial charge is 0.321 e. The van der Waals surface area contributed by atoms with Crippen molar-refractivity contribution in [1.82, 2.24) is 4.98 Å². The summed E-state index contributed by atoms with van der Waals surface area (Å²) in [5.74, 6) is -0.0337. The van der Waals surface area contributed by atoms with E-state index >= 15 is 0 Å². The summed E-state index contributed by atoms with van der Waals surface area (Å²) in [7, 11) is 0. The Hall–Kier alpha value is -1.90. The quantitative estimate of drug-likeness (QED) is 0.655. The van der Waals surface area contributed by atoms with Gasteiger partial charge in [0.25, 0.3) is 5.91 Å². The second-order valence-electron chi connectivity index (χ2n) is 3.01. The van der Waals surface area contributed by atoms with Crippen LogP contribution in [0.25, 0.3) is 10.9 Å². The van der Waals surface area contributed by atoms with Crippen LogP contribution in [0, 0.1) is 0 Å². The monoisotopic (exact) mass is 170 g/mol. The van der Waals surface area contributed by atoms with Gasteiger partial charge in [0.1, 0.15) is 0 Å². The van der Waals surface area contributed by atoms with Crippen LogP contribution in [-0.2, 0) is 0 Å². The molecule has 0 unspecified atom stereocenters. The molecular weight excluding hydrogens is 164 g/mol. The number of carbonyl (C=O) groups is 1.